The van der Waals surface area contributed by atoms with Gasteiger partial charge in [0.15, 0.2) is 0 Å². The van der Waals surface area contributed by atoms with E-state index in [0.717, 1.165) is 0 Å². The first-order valence-electron chi connectivity index (χ1n) is 5.24. The Morgan fingerprint density at radius 1 is 1.15 bits per heavy atom. The fourth-order valence-electron chi connectivity index (χ4n) is 1.13. The Morgan fingerprint density at radius 3 is 2.45 bits per heavy atom. The van der Waals surface area contributed by atoms with Crippen molar-refractivity contribution in [1.82, 2.24) is 5.32 Å². The molecular weight excluding hydrogens is 311 g/mol. The van der Waals surface area contributed by atoms with Crippen molar-refractivity contribution in [3.8, 4) is 0 Å². The van der Waals surface area contributed by atoms with Crippen LogP contribution in [0.4, 0.5) is 10.5 Å². The minimum atomic E-state index is -1.21. The molecule has 0 fully saturated rings. The number of amides is 3. The van der Waals surface area contributed by atoms with Crippen LogP contribution in [-0.4, -0.2) is 36.2 Å². The molecule has 0 aromatic heterocycles. The summed E-state index contributed by atoms with van der Waals surface area (Å²) in [4.78, 5) is 32.8. The summed E-state index contributed by atoms with van der Waals surface area (Å²) in [5, 5.41) is 13.2. The number of carboxylic acid groups (broad SMARTS) is 1. The van der Waals surface area contributed by atoms with E-state index >= 15 is 0 Å². The van der Waals surface area contributed by atoms with Crippen LogP contribution in [0.3, 0.4) is 0 Å². The Hall–Kier alpha value is -1.83. The summed E-state index contributed by atoms with van der Waals surface area (Å²) in [5.74, 6) is -1.98. The molecule has 3 amide bonds. The van der Waals surface area contributed by atoms with Gasteiger partial charge in [-0.3, -0.25) is 10.1 Å². The highest BCUT2D eigenvalue weighted by atomic mass is 35.5. The number of hydrogen-bond acceptors (Lipinski definition) is 4. The lowest BCUT2D eigenvalue weighted by Gasteiger charge is -2.07. The molecule has 0 unspecified atom stereocenters. The summed E-state index contributed by atoms with van der Waals surface area (Å²) in [5.41, 5.74) is 0.344. The first-order chi connectivity index (χ1) is 9.38. The van der Waals surface area contributed by atoms with Gasteiger partial charge in [-0.05, 0) is 18.2 Å². The summed E-state index contributed by atoms with van der Waals surface area (Å²) in [6, 6.07) is 3.60. The predicted octanol–water partition coefficient (Wildman–Crippen LogP) is 1.74. The number of urea groups is 1. The lowest BCUT2D eigenvalue weighted by Crippen LogP contribution is -2.37. The van der Waals surface area contributed by atoms with E-state index in [2.05, 4.69) is 10.1 Å². The number of carbonyl (C=O) groups is 3. The molecule has 20 heavy (non-hydrogen) atoms. The average Bonchev–Trinajstić information content (AvgIpc) is 2.33. The number of imide groups is 1. The molecule has 1 rings (SSSR count). The van der Waals surface area contributed by atoms with E-state index in [1.807, 2.05) is 5.32 Å². The Balaban J connectivity index is 2.41. The molecule has 7 nitrogen and oxygen atoms in total. The van der Waals surface area contributed by atoms with E-state index in [1.165, 1.54) is 18.2 Å². The Morgan fingerprint density at radius 2 is 1.85 bits per heavy atom. The van der Waals surface area contributed by atoms with Crippen molar-refractivity contribution < 1.29 is 24.2 Å². The number of benzene rings is 1. The van der Waals surface area contributed by atoms with Crippen LogP contribution < -0.4 is 10.6 Å². The molecule has 9 heteroatoms. The van der Waals surface area contributed by atoms with E-state index in [1.54, 1.807) is 0 Å². The normalized spacial score (nSPS) is 9.90. The second-order valence-corrected chi connectivity index (χ2v) is 4.33. The highest BCUT2D eigenvalue weighted by Gasteiger charge is 2.09. The van der Waals surface area contributed by atoms with Gasteiger partial charge in [0.2, 0.25) is 0 Å². The summed E-state index contributed by atoms with van der Waals surface area (Å²) < 4.78 is 4.51. The number of hydrogen-bond donors (Lipinski definition) is 3. The molecule has 108 valence electrons. The van der Waals surface area contributed by atoms with Crippen LogP contribution in [0.15, 0.2) is 18.2 Å². The lowest BCUT2D eigenvalue weighted by molar-refractivity contribution is -0.143. The van der Waals surface area contributed by atoms with E-state index < -0.39 is 31.1 Å². The van der Waals surface area contributed by atoms with Crippen molar-refractivity contribution >= 4 is 46.8 Å². The zero-order chi connectivity index (χ0) is 15.1. The minimum absolute atomic E-state index is 0.251. The van der Waals surface area contributed by atoms with Gasteiger partial charge in [0.05, 0.1) is 10.0 Å². The van der Waals surface area contributed by atoms with Crippen LogP contribution in [0.1, 0.15) is 0 Å². The third kappa shape index (κ3) is 5.87. The molecule has 0 bridgehead atoms. The summed E-state index contributed by atoms with van der Waals surface area (Å²) in [7, 11) is 0. The maximum Gasteiger partial charge on any atom is 0.329 e. The van der Waals surface area contributed by atoms with Crippen molar-refractivity contribution in [2.45, 2.75) is 0 Å². The number of halogens is 2. The van der Waals surface area contributed by atoms with Gasteiger partial charge in [-0.15, -0.1) is 0 Å². The first-order valence-corrected chi connectivity index (χ1v) is 5.99. The molecular formula is C11H10Cl2N2O5. The van der Waals surface area contributed by atoms with Gasteiger partial charge in [-0.1, -0.05) is 23.2 Å². The third-order valence-corrected chi connectivity index (χ3v) is 2.63. The van der Waals surface area contributed by atoms with Gasteiger partial charge < -0.3 is 15.2 Å². The molecule has 0 radical (unpaired) electrons. The maximum absolute atomic E-state index is 11.4. The van der Waals surface area contributed by atoms with Gasteiger partial charge in [0, 0.05) is 5.69 Å². The molecule has 0 saturated heterocycles. The second-order valence-electron chi connectivity index (χ2n) is 3.52. The maximum atomic E-state index is 11.4. The fraction of sp³-hybridized carbons (Fsp3) is 0.182. The third-order valence-electron chi connectivity index (χ3n) is 1.89. The molecule has 1 aromatic rings. The van der Waals surface area contributed by atoms with E-state index in [0.29, 0.717) is 10.7 Å². The fourth-order valence-corrected chi connectivity index (χ4v) is 1.43. The minimum Gasteiger partial charge on any atom is -0.480 e. The van der Waals surface area contributed by atoms with Crippen molar-refractivity contribution in [3.05, 3.63) is 28.2 Å². The summed E-state index contributed by atoms with van der Waals surface area (Å²) in [6.07, 6.45) is 0. The lowest BCUT2D eigenvalue weighted by atomic mass is 10.3. The number of nitrogens with one attached hydrogen (secondary N) is 2. The van der Waals surface area contributed by atoms with Crippen LogP contribution in [-0.2, 0) is 14.3 Å². The van der Waals surface area contributed by atoms with Gasteiger partial charge in [0.1, 0.15) is 13.2 Å². The number of carbonyl (C=O) groups excluding carboxylic acids is 2. The smallest absolute Gasteiger partial charge is 0.329 e. The topological polar surface area (TPSA) is 105 Å². The zero-order valence-corrected chi connectivity index (χ0v) is 11.5. The molecule has 3 N–H and O–H groups in total. The number of carboxylic acids is 1. The van der Waals surface area contributed by atoms with E-state index in [4.69, 9.17) is 28.3 Å². The number of anilines is 1. The standard InChI is InChI=1S/C11H10Cl2N2O5/c12-7-2-1-6(3-8(7)13)14-11(19)15-9(16)4-20-5-10(17)18/h1-3H,4-5H2,(H,17,18)(H2,14,15,16,19). The summed E-state index contributed by atoms with van der Waals surface area (Å²) in [6.45, 7) is -1.16. The molecule has 1 aromatic carbocycles. The largest absolute Gasteiger partial charge is 0.480 e. The Labute approximate surface area is 123 Å². The second kappa shape index (κ2) is 7.68. The van der Waals surface area contributed by atoms with Gasteiger partial charge in [0.25, 0.3) is 5.91 Å². The Kier molecular flexibility index (Phi) is 6.23. The molecule has 0 heterocycles. The first kappa shape index (κ1) is 16.2. The van der Waals surface area contributed by atoms with Gasteiger partial charge in [-0.2, -0.15) is 0 Å². The van der Waals surface area contributed by atoms with Gasteiger partial charge >= 0.3 is 12.0 Å². The average molecular weight is 321 g/mol. The quantitative estimate of drug-likeness (QED) is 0.766. The Bertz CT molecular complexity index is 536. The van der Waals surface area contributed by atoms with E-state index in [-0.39, 0.29) is 5.02 Å². The highest BCUT2D eigenvalue weighted by Crippen LogP contribution is 2.24. The molecule has 0 spiro atoms. The van der Waals surface area contributed by atoms with Crippen LogP contribution in [0.5, 0.6) is 0 Å². The van der Waals surface area contributed by atoms with Gasteiger partial charge in [-0.25, -0.2) is 9.59 Å². The monoisotopic (exact) mass is 320 g/mol. The van der Waals surface area contributed by atoms with Crippen molar-refractivity contribution in [1.29, 1.82) is 0 Å². The van der Waals surface area contributed by atoms with Crippen molar-refractivity contribution in [3.63, 3.8) is 0 Å². The van der Waals surface area contributed by atoms with Crippen LogP contribution in [0.2, 0.25) is 10.0 Å². The SMILES string of the molecule is O=C(O)COCC(=O)NC(=O)Nc1ccc(Cl)c(Cl)c1. The molecule has 0 aliphatic rings. The predicted molar refractivity (Wildman–Crippen MR) is 72.1 cm³/mol. The number of aliphatic carboxylic acids is 1. The molecule has 0 atom stereocenters. The molecule has 0 aliphatic heterocycles. The molecule has 0 aliphatic carbocycles. The van der Waals surface area contributed by atoms with Crippen molar-refractivity contribution in [2.24, 2.45) is 0 Å². The van der Waals surface area contributed by atoms with Crippen LogP contribution in [0.25, 0.3) is 0 Å². The van der Waals surface area contributed by atoms with Crippen LogP contribution in [0, 0.1) is 0 Å². The van der Waals surface area contributed by atoms with E-state index in [9.17, 15) is 14.4 Å². The zero-order valence-electron chi connectivity index (χ0n) is 9.98. The van der Waals surface area contributed by atoms with Crippen LogP contribution >= 0.6 is 23.2 Å². The highest BCUT2D eigenvalue weighted by molar-refractivity contribution is 6.42. The number of ether oxygens (including phenoxy) is 1. The summed E-state index contributed by atoms with van der Waals surface area (Å²) >= 11 is 11.5. The number of rotatable bonds is 5. The molecule has 0 saturated carbocycles. The van der Waals surface area contributed by atoms with Crippen molar-refractivity contribution in [2.75, 3.05) is 18.5 Å².